The van der Waals surface area contributed by atoms with Crippen molar-refractivity contribution in [3.8, 4) is 0 Å². The second-order valence-electron chi connectivity index (χ2n) is 4.69. The molecule has 0 heterocycles. The van der Waals surface area contributed by atoms with Crippen LogP contribution in [0.3, 0.4) is 0 Å². The number of carbonyl (C=O) groups is 1. The Labute approximate surface area is 118 Å². The highest BCUT2D eigenvalue weighted by atomic mass is 16.1. The molecule has 0 aromatic heterocycles. The van der Waals surface area contributed by atoms with Gasteiger partial charge in [-0.3, -0.25) is 4.79 Å². The van der Waals surface area contributed by atoms with Crippen molar-refractivity contribution in [2.75, 3.05) is 0 Å². The average Bonchev–Trinajstić information content (AvgIpc) is 2.45. The molecule has 0 aliphatic carbocycles. The molecule has 0 saturated heterocycles. The van der Waals surface area contributed by atoms with Crippen LogP contribution in [-0.2, 0) is 4.79 Å². The van der Waals surface area contributed by atoms with Crippen molar-refractivity contribution in [2.45, 2.75) is 6.92 Å². The van der Waals surface area contributed by atoms with Gasteiger partial charge in [0.2, 0.25) is 5.91 Å². The molecule has 0 spiro atoms. The number of carbonyl (C=O) groups excluding carboxylic acids is 1. The summed E-state index contributed by atoms with van der Waals surface area (Å²) in [6.07, 6.45) is 0. The van der Waals surface area contributed by atoms with E-state index in [9.17, 15) is 4.79 Å². The first-order valence-corrected chi connectivity index (χ1v) is 6.41. The Hall–Kier alpha value is -2.61. The average molecular weight is 263 g/mol. The van der Waals surface area contributed by atoms with Gasteiger partial charge in [0.05, 0.1) is 0 Å². The molecule has 0 atom stereocenters. The lowest BCUT2D eigenvalue weighted by Crippen LogP contribution is -2.10. The van der Waals surface area contributed by atoms with Gasteiger partial charge < -0.3 is 5.73 Å². The molecule has 3 aromatic carbocycles. The van der Waals surface area contributed by atoms with Crippen LogP contribution in [0.4, 0.5) is 0 Å². The molecule has 0 radical (unpaired) electrons. The molecule has 2 N–H and O–H groups in total. The van der Waals surface area contributed by atoms with Crippen LogP contribution < -0.4 is 5.73 Å². The van der Waals surface area contributed by atoms with Crippen LogP contribution in [0.25, 0.3) is 21.5 Å². The maximum Gasteiger partial charge on any atom is 0.243 e. The third kappa shape index (κ3) is 3.23. The van der Waals surface area contributed by atoms with Crippen molar-refractivity contribution in [3.63, 3.8) is 0 Å². The van der Waals surface area contributed by atoms with Crippen molar-refractivity contribution < 1.29 is 4.79 Å². The van der Waals surface area contributed by atoms with E-state index in [-0.39, 0.29) is 0 Å². The molecular formula is C18H17NO. The number of nitrogens with two attached hydrogens (primary N) is 1. The molecule has 100 valence electrons. The van der Waals surface area contributed by atoms with Crippen LogP contribution in [0.5, 0.6) is 0 Å². The Morgan fingerprint density at radius 2 is 1.10 bits per heavy atom. The van der Waals surface area contributed by atoms with E-state index >= 15 is 0 Å². The SMILES string of the molecule is C=C(C)C(N)=O.c1ccc2cc3ccccc3cc2c1. The van der Waals surface area contributed by atoms with E-state index in [4.69, 9.17) is 5.73 Å². The summed E-state index contributed by atoms with van der Waals surface area (Å²) in [7, 11) is 0. The maximum absolute atomic E-state index is 9.82. The highest BCUT2D eigenvalue weighted by molar-refractivity contribution is 5.98. The molecule has 0 saturated carbocycles. The Morgan fingerprint density at radius 3 is 1.30 bits per heavy atom. The number of hydrogen-bond acceptors (Lipinski definition) is 1. The number of benzene rings is 3. The molecule has 2 heteroatoms. The summed E-state index contributed by atoms with van der Waals surface area (Å²) in [5, 5.41) is 5.25. The fourth-order valence-corrected chi connectivity index (χ4v) is 1.88. The quantitative estimate of drug-likeness (QED) is 0.522. The zero-order chi connectivity index (χ0) is 14.5. The van der Waals surface area contributed by atoms with Crippen LogP contribution in [0.2, 0.25) is 0 Å². The van der Waals surface area contributed by atoms with Gasteiger partial charge in [0.15, 0.2) is 0 Å². The molecule has 3 aromatic rings. The van der Waals surface area contributed by atoms with Gasteiger partial charge in [0.25, 0.3) is 0 Å². The second-order valence-corrected chi connectivity index (χ2v) is 4.69. The summed E-state index contributed by atoms with van der Waals surface area (Å²) in [5.41, 5.74) is 5.09. The van der Waals surface area contributed by atoms with Gasteiger partial charge >= 0.3 is 0 Å². The van der Waals surface area contributed by atoms with Crippen LogP contribution in [0.1, 0.15) is 6.92 Å². The van der Waals surface area contributed by atoms with Gasteiger partial charge in [0, 0.05) is 5.57 Å². The molecule has 1 amide bonds. The van der Waals surface area contributed by atoms with E-state index < -0.39 is 5.91 Å². The zero-order valence-electron chi connectivity index (χ0n) is 11.5. The minimum atomic E-state index is -0.435. The number of primary amides is 1. The van der Waals surface area contributed by atoms with Crippen LogP contribution in [0.15, 0.2) is 72.8 Å². The van der Waals surface area contributed by atoms with Crippen LogP contribution in [-0.4, -0.2) is 5.91 Å². The molecule has 3 rings (SSSR count). The number of rotatable bonds is 1. The molecule has 0 unspecified atom stereocenters. The van der Waals surface area contributed by atoms with Crippen molar-refractivity contribution in [1.29, 1.82) is 0 Å². The predicted molar refractivity (Wildman–Crippen MR) is 85.5 cm³/mol. The normalized spacial score (nSPS) is 9.85. The fourth-order valence-electron chi connectivity index (χ4n) is 1.88. The molecule has 2 nitrogen and oxygen atoms in total. The van der Waals surface area contributed by atoms with Gasteiger partial charge in [0.1, 0.15) is 0 Å². The standard InChI is InChI=1S/C14H10.C4H7NO/c1-2-6-12-10-14-8-4-3-7-13(14)9-11(12)5-1;1-3(2)4(5)6/h1-10H;1H2,2H3,(H2,5,6). The van der Waals surface area contributed by atoms with Gasteiger partial charge in [-0.05, 0) is 40.6 Å². The van der Waals surface area contributed by atoms with E-state index in [1.807, 2.05) is 0 Å². The smallest absolute Gasteiger partial charge is 0.243 e. The first-order chi connectivity index (χ1) is 9.58. The summed E-state index contributed by atoms with van der Waals surface area (Å²) >= 11 is 0. The van der Waals surface area contributed by atoms with Crippen molar-refractivity contribution in [3.05, 3.63) is 72.8 Å². The number of hydrogen-bond donors (Lipinski definition) is 1. The van der Waals surface area contributed by atoms with E-state index in [1.54, 1.807) is 6.92 Å². The van der Waals surface area contributed by atoms with Crippen LogP contribution >= 0.6 is 0 Å². The molecule has 0 aliphatic rings. The third-order valence-electron chi connectivity index (χ3n) is 3.03. The minimum Gasteiger partial charge on any atom is -0.366 e. The van der Waals surface area contributed by atoms with E-state index in [0.717, 1.165) is 0 Å². The summed E-state index contributed by atoms with van der Waals surface area (Å²) < 4.78 is 0. The van der Waals surface area contributed by atoms with Crippen molar-refractivity contribution in [1.82, 2.24) is 0 Å². The van der Waals surface area contributed by atoms with Crippen LogP contribution in [0, 0.1) is 0 Å². The summed E-state index contributed by atoms with van der Waals surface area (Å²) in [4.78, 5) is 9.82. The zero-order valence-corrected chi connectivity index (χ0v) is 11.5. The minimum absolute atomic E-state index is 0.398. The van der Waals surface area contributed by atoms with Crippen molar-refractivity contribution in [2.24, 2.45) is 5.73 Å². The maximum atomic E-state index is 9.82. The summed E-state index contributed by atoms with van der Waals surface area (Å²) in [5.74, 6) is -0.435. The summed E-state index contributed by atoms with van der Waals surface area (Å²) in [6, 6.07) is 21.4. The first-order valence-electron chi connectivity index (χ1n) is 6.41. The molecule has 0 aliphatic heterocycles. The Kier molecular flexibility index (Phi) is 4.16. The van der Waals surface area contributed by atoms with E-state index in [1.165, 1.54) is 21.5 Å². The highest BCUT2D eigenvalue weighted by Crippen LogP contribution is 2.21. The van der Waals surface area contributed by atoms with Crippen molar-refractivity contribution >= 4 is 27.5 Å². The monoisotopic (exact) mass is 263 g/mol. The lowest BCUT2D eigenvalue weighted by atomic mass is 10.0. The summed E-state index contributed by atoms with van der Waals surface area (Å²) in [6.45, 7) is 4.85. The van der Waals surface area contributed by atoms with Gasteiger partial charge in [-0.15, -0.1) is 0 Å². The Balaban J connectivity index is 0.000000212. The van der Waals surface area contributed by atoms with Gasteiger partial charge in [-0.1, -0.05) is 55.1 Å². The lowest BCUT2D eigenvalue weighted by Gasteiger charge is -2.00. The van der Waals surface area contributed by atoms with Gasteiger partial charge in [-0.25, -0.2) is 0 Å². The van der Waals surface area contributed by atoms with E-state index in [2.05, 4.69) is 67.2 Å². The molecule has 0 fully saturated rings. The lowest BCUT2D eigenvalue weighted by molar-refractivity contribution is -0.114. The topological polar surface area (TPSA) is 43.1 Å². The highest BCUT2D eigenvalue weighted by Gasteiger charge is 1.95. The largest absolute Gasteiger partial charge is 0.366 e. The first kappa shape index (κ1) is 13.8. The number of amides is 1. The second kappa shape index (κ2) is 6.02. The molecular weight excluding hydrogens is 246 g/mol. The fraction of sp³-hybridized carbons (Fsp3) is 0.0556. The Morgan fingerprint density at radius 1 is 0.850 bits per heavy atom. The number of fused-ring (bicyclic) bond motifs is 2. The third-order valence-corrected chi connectivity index (χ3v) is 3.03. The Bertz CT molecular complexity index is 657. The van der Waals surface area contributed by atoms with E-state index in [0.29, 0.717) is 5.57 Å². The van der Waals surface area contributed by atoms with Gasteiger partial charge in [-0.2, -0.15) is 0 Å². The molecule has 20 heavy (non-hydrogen) atoms. The predicted octanol–water partition coefficient (Wildman–Crippen LogP) is 4.04. The molecule has 0 bridgehead atoms.